The fourth-order valence-electron chi connectivity index (χ4n) is 3.19. The van der Waals surface area contributed by atoms with Crippen molar-refractivity contribution in [2.45, 2.75) is 32.3 Å². The Hall–Kier alpha value is -3.33. The number of nitrogens with zero attached hydrogens (tertiary/aromatic N) is 4. The number of aromatic nitrogens is 4. The number of benzene rings is 2. The van der Waals surface area contributed by atoms with Gasteiger partial charge in [0.25, 0.3) is 0 Å². The lowest BCUT2D eigenvalue weighted by Gasteiger charge is -2.15. The molecular formula is C21H20N4O2. The zero-order chi connectivity index (χ0) is 19.0. The fraction of sp³-hybridized carbons (Fsp3) is 0.286. The normalized spacial score (nSPS) is 13.4. The van der Waals surface area contributed by atoms with Crippen LogP contribution in [0.5, 0.6) is 5.75 Å². The van der Waals surface area contributed by atoms with E-state index in [0.717, 1.165) is 11.3 Å². The highest BCUT2D eigenvalue weighted by Gasteiger charge is 2.27. The van der Waals surface area contributed by atoms with E-state index in [9.17, 15) is 4.79 Å². The van der Waals surface area contributed by atoms with E-state index in [1.807, 2.05) is 18.2 Å². The number of hydrogen-bond acceptors (Lipinski definition) is 4. The van der Waals surface area contributed by atoms with Crippen molar-refractivity contribution in [3.63, 3.8) is 0 Å². The van der Waals surface area contributed by atoms with Crippen LogP contribution in [-0.4, -0.2) is 19.8 Å². The molecule has 0 amide bonds. The molecule has 0 aliphatic heterocycles. The van der Waals surface area contributed by atoms with E-state index in [-0.39, 0.29) is 12.3 Å². The van der Waals surface area contributed by atoms with Crippen molar-refractivity contribution in [2.24, 2.45) is 7.05 Å². The second-order valence-corrected chi connectivity index (χ2v) is 6.85. The molecule has 0 atom stereocenters. The summed E-state index contributed by atoms with van der Waals surface area (Å²) in [4.78, 5) is 12.3. The predicted octanol–water partition coefficient (Wildman–Crippen LogP) is 2.71. The standard InChI is InChI=1S/C21H20N4O2/c1-4-15-6-5-7-19(25-21(26)24(3)22-23-25)18(15)13-27-20-11-8-14(2)12-17(20)16-9-10-16/h1,5-8,11-12,16H,9-10,13H2,2-3H3. The number of aryl methyl sites for hydroxylation is 2. The Morgan fingerprint density at radius 3 is 2.74 bits per heavy atom. The Morgan fingerprint density at radius 1 is 1.26 bits per heavy atom. The Balaban J connectivity index is 1.71. The lowest BCUT2D eigenvalue weighted by atomic mass is 10.1. The molecule has 1 aliphatic rings. The average Bonchev–Trinajstić information content (AvgIpc) is 3.47. The van der Waals surface area contributed by atoms with Gasteiger partial charge in [0, 0.05) is 18.2 Å². The van der Waals surface area contributed by atoms with E-state index < -0.39 is 0 Å². The fourth-order valence-corrected chi connectivity index (χ4v) is 3.19. The number of terminal acetylenes is 1. The van der Waals surface area contributed by atoms with Crippen LogP contribution in [0.1, 0.15) is 41.0 Å². The maximum Gasteiger partial charge on any atom is 0.368 e. The molecule has 0 N–H and O–H groups in total. The van der Waals surface area contributed by atoms with E-state index >= 15 is 0 Å². The third-order valence-electron chi connectivity index (χ3n) is 4.81. The number of hydrogen-bond donors (Lipinski definition) is 0. The van der Waals surface area contributed by atoms with E-state index in [0.29, 0.717) is 17.2 Å². The molecule has 0 unspecified atom stereocenters. The summed E-state index contributed by atoms with van der Waals surface area (Å²) in [6.07, 6.45) is 8.07. The molecule has 0 bridgehead atoms. The molecule has 0 radical (unpaired) electrons. The molecule has 27 heavy (non-hydrogen) atoms. The van der Waals surface area contributed by atoms with Crippen LogP contribution in [0.4, 0.5) is 0 Å². The van der Waals surface area contributed by atoms with Crippen molar-refractivity contribution in [1.82, 2.24) is 19.8 Å². The summed E-state index contributed by atoms with van der Waals surface area (Å²) < 4.78 is 8.59. The summed E-state index contributed by atoms with van der Waals surface area (Å²) in [6, 6.07) is 11.7. The third-order valence-corrected chi connectivity index (χ3v) is 4.81. The maximum absolute atomic E-state index is 12.3. The Bertz CT molecular complexity index is 1100. The van der Waals surface area contributed by atoms with Crippen LogP contribution in [0.25, 0.3) is 5.69 Å². The molecule has 1 heterocycles. The van der Waals surface area contributed by atoms with Crippen LogP contribution >= 0.6 is 0 Å². The van der Waals surface area contributed by atoms with Gasteiger partial charge < -0.3 is 4.74 Å². The molecule has 6 nitrogen and oxygen atoms in total. The Kier molecular flexibility index (Phi) is 4.28. The largest absolute Gasteiger partial charge is 0.488 e. The number of rotatable bonds is 5. The summed E-state index contributed by atoms with van der Waals surface area (Å²) >= 11 is 0. The van der Waals surface area contributed by atoms with Gasteiger partial charge in [-0.05, 0) is 59.9 Å². The predicted molar refractivity (Wildman–Crippen MR) is 102 cm³/mol. The Morgan fingerprint density at radius 2 is 2.07 bits per heavy atom. The zero-order valence-corrected chi connectivity index (χ0v) is 15.3. The third kappa shape index (κ3) is 3.24. The maximum atomic E-state index is 12.3. The van der Waals surface area contributed by atoms with Gasteiger partial charge in [-0.3, -0.25) is 0 Å². The second-order valence-electron chi connectivity index (χ2n) is 6.85. The van der Waals surface area contributed by atoms with Gasteiger partial charge in [-0.2, -0.15) is 9.36 Å². The molecule has 4 rings (SSSR count). The first-order chi connectivity index (χ1) is 13.1. The molecule has 1 aliphatic carbocycles. The first-order valence-corrected chi connectivity index (χ1v) is 8.89. The monoisotopic (exact) mass is 360 g/mol. The van der Waals surface area contributed by atoms with Crippen molar-refractivity contribution in [3.8, 4) is 23.8 Å². The number of tetrazole rings is 1. The van der Waals surface area contributed by atoms with Crippen LogP contribution in [0.15, 0.2) is 41.2 Å². The van der Waals surface area contributed by atoms with E-state index in [1.54, 1.807) is 19.2 Å². The molecule has 3 aromatic rings. The average molecular weight is 360 g/mol. The van der Waals surface area contributed by atoms with Crippen molar-refractivity contribution in [3.05, 3.63) is 69.1 Å². The first kappa shape index (κ1) is 17.1. The quantitative estimate of drug-likeness (QED) is 0.657. The zero-order valence-electron chi connectivity index (χ0n) is 15.3. The van der Waals surface area contributed by atoms with Gasteiger partial charge in [0.1, 0.15) is 12.4 Å². The molecule has 136 valence electrons. The molecule has 1 aromatic heterocycles. The van der Waals surface area contributed by atoms with Gasteiger partial charge in [-0.25, -0.2) is 4.79 Å². The van der Waals surface area contributed by atoms with Crippen LogP contribution in [0, 0.1) is 19.3 Å². The minimum Gasteiger partial charge on any atom is -0.488 e. The smallest absolute Gasteiger partial charge is 0.368 e. The Labute approximate surface area is 157 Å². The van der Waals surface area contributed by atoms with Crippen LogP contribution in [0.3, 0.4) is 0 Å². The minimum atomic E-state index is -0.334. The molecule has 0 spiro atoms. The molecule has 2 aromatic carbocycles. The summed E-state index contributed by atoms with van der Waals surface area (Å²) in [7, 11) is 1.56. The van der Waals surface area contributed by atoms with Gasteiger partial charge in [-0.1, -0.05) is 29.7 Å². The van der Waals surface area contributed by atoms with Gasteiger partial charge in [0.2, 0.25) is 0 Å². The van der Waals surface area contributed by atoms with E-state index in [4.69, 9.17) is 11.2 Å². The first-order valence-electron chi connectivity index (χ1n) is 8.89. The minimum absolute atomic E-state index is 0.251. The van der Waals surface area contributed by atoms with Gasteiger partial charge in [0.05, 0.1) is 5.69 Å². The summed E-state index contributed by atoms with van der Waals surface area (Å²) in [5, 5.41) is 7.72. The molecule has 0 saturated heterocycles. The highest BCUT2D eigenvalue weighted by molar-refractivity contribution is 5.51. The van der Waals surface area contributed by atoms with E-state index in [1.165, 1.54) is 33.3 Å². The van der Waals surface area contributed by atoms with Gasteiger partial charge in [0.15, 0.2) is 0 Å². The van der Waals surface area contributed by atoms with E-state index in [2.05, 4.69) is 29.3 Å². The summed E-state index contributed by atoms with van der Waals surface area (Å²) in [5.41, 5.74) is 4.13. The van der Waals surface area contributed by atoms with Crippen LogP contribution in [-0.2, 0) is 13.7 Å². The lowest BCUT2D eigenvalue weighted by Crippen LogP contribution is -2.23. The summed E-state index contributed by atoms with van der Waals surface area (Å²) in [5.74, 6) is 4.12. The van der Waals surface area contributed by atoms with Crippen molar-refractivity contribution < 1.29 is 4.74 Å². The lowest BCUT2D eigenvalue weighted by molar-refractivity contribution is 0.302. The van der Waals surface area contributed by atoms with Crippen molar-refractivity contribution in [2.75, 3.05) is 0 Å². The van der Waals surface area contributed by atoms with Crippen LogP contribution < -0.4 is 10.4 Å². The summed E-state index contributed by atoms with van der Waals surface area (Å²) in [6.45, 7) is 2.34. The second kappa shape index (κ2) is 6.76. The SMILES string of the molecule is C#Cc1cccc(-n2nnn(C)c2=O)c1COc1ccc(C)cc1C1CC1. The van der Waals surface area contributed by atoms with Crippen molar-refractivity contribution >= 4 is 0 Å². The van der Waals surface area contributed by atoms with Gasteiger partial charge >= 0.3 is 5.69 Å². The molecule has 6 heteroatoms. The molecular weight excluding hydrogens is 340 g/mol. The molecule has 1 fully saturated rings. The number of ether oxygens (including phenoxy) is 1. The highest BCUT2D eigenvalue weighted by atomic mass is 16.5. The van der Waals surface area contributed by atoms with Crippen LogP contribution in [0.2, 0.25) is 0 Å². The molecule has 1 saturated carbocycles. The van der Waals surface area contributed by atoms with Crippen molar-refractivity contribution in [1.29, 1.82) is 0 Å². The van der Waals surface area contributed by atoms with Gasteiger partial charge in [-0.15, -0.1) is 6.42 Å². The highest BCUT2D eigenvalue weighted by Crippen LogP contribution is 2.44. The topological polar surface area (TPSA) is 61.9 Å².